The minimum absolute atomic E-state index is 1.01. The van der Waals surface area contributed by atoms with E-state index in [4.69, 9.17) is 0 Å². The zero-order valence-electron chi connectivity index (χ0n) is 7.57. The van der Waals surface area contributed by atoms with Crippen molar-refractivity contribution >= 4 is 11.5 Å². The first-order valence-corrected chi connectivity index (χ1v) is 5.42. The van der Waals surface area contributed by atoms with Gasteiger partial charge < -0.3 is 5.32 Å². The van der Waals surface area contributed by atoms with Crippen LogP contribution >= 0.6 is 11.5 Å². The molecule has 0 bridgehead atoms. The predicted octanol–water partition coefficient (Wildman–Crippen LogP) is 0.333. The molecule has 2 heterocycles. The van der Waals surface area contributed by atoms with Crippen molar-refractivity contribution in [1.82, 2.24) is 19.8 Å². The Morgan fingerprint density at radius 2 is 2.46 bits per heavy atom. The van der Waals surface area contributed by atoms with E-state index < -0.39 is 0 Å². The van der Waals surface area contributed by atoms with Crippen LogP contribution in [0.5, 0.6) is 0 Å². The maximum Gasteiger partial charge on any atom is 0.0666 e. The second kappa shape index (κ2) is 4.64. The molecule has 0 amide bonds. The van der Waals surface area contributed by atoms with Crippen molar-refractivity contribution in [1.29, 1.82) is 0 Å². The molecule has 72 valence electrons. The van der Waals surface area contributed by atoms with E-state index >= 15 is 0 Å². The topological polar surface area (TPSA) is 41.1 Å². The number of nitrogens with zero attached hydrogens (tertiary/aromatic N) is 3. The van der Waals surface area contributed by atoms with Gasteiger partial charge in [0.2, 0.25) is 0 Å². The molecule has 1 saturated heterocycles. The normalized spacial score (nSPS) is 20.0. The molecule has 0 saturated carbocycles. The average molecular weight is 198 g/mol. The Morgan fingerprint density at radius 3 is 3.31 bits per heavy atom. The van der Waals surface area contributed by atoms with Crippen LogP contribution in [0.15, 0.2) is 6.20 Å². The number of rotatable bonds is 2. The molecule has 1 aliphatic heterocycles. The quantitative estimate of drug-likeness (QED) is 0.743. The fraction of sp³-hybridized carbons (Fsp3) is 0.750. The molecule has 5 heteroatoms. The lowest BCUT2D eigenvalue weighted by Crippen LogP contribution is -2.27. The average Bonchev–Trinajstić information content (AvgIpc) is 2.49. The van der Waals surface area contributed by atoms with Gasteiger partial charge in [0.1, 0.15) is 0 Å². The highest BCUT2D eigenvalue weighted by molar-refractivity contribution is 7.05. The summed E-state index contributed by atoms with van der Waals surface area (Å²) in [6.45, 7) is 5.59. The number of aromatic nitrogens is 2. The largest absolute Gasteiger partial charge is 0.315 e. The summed E-state index contributed by atoms with van der Waals surface area (Å²) in [5.41, 5.74) is 0. The van der Waals surface area contributed by atoms with E-state index in [2.05, 4.69) is 19.8 Å². The van der Waals surface area contributed by atoms with E-state index in [1.807, 2.05) is 6.20 Å². The van der Waals surface area contributed by atoms with E-state index in [0.29, 0.717) is 0 Å². The lowest BCUT2D eigenvalue weighted by molar-refractivity contribution is 0.287. The third-order valence-corrected chi connectivity index (χ3v) is 2.86. The molecule has 2 rings (SSSR count). The summed E-state index contributed by atoms with van der Waals surface area (Å²) in [4.78, 5) is 3.72. The lowest BCUT2D eigenvalue weighted by Gasteiger charge is -2.17. The van der Waals surface area contributed by atoms with Gasteiger partial charge in [0.15, 0.2) is 0 Å². The van der Waals surface area contributed by atoms with Crippen LogP contribution in [0.25, 0.3) is 0 Å². The van der Waals surface area contributed by atoms with Gasteiger partial charge in [0.05, 0.1) is 11.1 Å². The molecule has 13 heavy (non-hydrogen) atoms. The molecular weight excluding hydrogens is 184 g/mol. The second-order valence-corrected chi connectivity index (χ2v) is 4.13. The third kappa shape index (κ3) is 2.72. The first-order valence-electron chi connectivity index (χ1n) is 4.64. The summed E-state index contributed by atoms with van der Waals surface area (Å²) in [6, 6.07) is 0. The first kappa shape index (κ1) is 9.05. The van der Waals surface area contributed by atoms with Gasteiger partial charge in [-0.3, -0.25) is 4.90 Å². The van der Waals surface area contributed by atoms with Crippen LogP contribution in [0.1, 0.15) is 11.3 Å². The monoisotopic (exact) mass is 198 g/mol. The molecule has 4 nitrogen and oxygen atoms in total. The van der Waals surface area contributed by atoms with Crippen molar-refractivity contribution in [2.45, 2.75) is 13.0 Å². The Balaban J connectivity index is 1.86. The Hall–Kier alpha value is -0.520. The van der Waals surface area contributed by atoms with E-state index in [9.17, 15) is 0 Å². The van der Waals surface area contributed by atoms with E-state index in [1.165, 1.54) is 29.4 Å². The molecule has 0 aromatic carbocycles. The highest BCUT2D eigenvalue weighted by Gasteiger charge is 2.09. The fourth-order valence-corrected chi connectivity index (χ4v) is 2.07. The fourth-order valence-electron chi connectivity index (χ4n) is 1.54. The van der Waals surface area contributed by atoms with Gasteiger partial charge in [-0.1, -0.05) is 4.49 Å². The van der Waals surface area contributed by atoms with Gasteiger partial charge in [-0.25, -0.2) is 0 Å². The van der Waals surface area contributed by atoms with Gasteiger partial charge in [-0.2, -0.15) is 0 Å². The number of nitrogens with one attached hydrogen (secondary N) is 1. The van der Waals surface area contributed by atoms with Gasteiger partial charge in [0, 0.05) is 19.6 Å². The highest BCUT2D eigenvalue weighted by atomic mass is 32.1. The predicted molar refractivity (Wildman–Crippen MR) is 52.7 cm³/mol. The number of hydrogen-bond acceptors (Lipinski definition) is 5. The summed E-state index contributed by atoms with van der Waals surface area (Å²) in [7, 11) is 0. The van der Waals surface area contributed by atoms with Crippen molar-refractivity contribution in [3.63, 3.8) is 0 Å². The highest BCUT2D eigenvalue weighted by Crippen LogP contribution is 2.07. The van der Waals surface area contributed by atoms with Crippen molar-refractivity contribution in [2.24, 2.45) is 0 Å². The Bertz CT molecular complexity index is 228. The Kier molecular flexibility index (Phi) is 3.23. The van der Waals surface area contributed by atoms with Gasteiger partial charge in [-0.15, -0.1) is 5.10 Å². The maximum atomic E-state index is 3.86. The second-order valence-electron chi connectivity index (χ2n) is 3.26. The van der Waals surface area contributed by atoms with E-state index in [1.54, 1.807) is 0 Å². The van der Waals surface area contributed by atoms with Crippen LogP contribution in [-0.4, -0.2) is 40.7 Å². The van der Waals surface area contributed by atoms with Gasteiger partial charge in [0.25, 0.3) is 0 Å². The van der Waals surface area contributed by atoms with Crippen LogP contribution in [0.3, 0.4) is 0 Å². The lowest BCUT2D eigenvalue weighted by atomic mass is 10.4. The van der Waals surface area contributed by atoms with E-state index in [0.717, 1.165) is 26.2 Å². The van der Waals surface area contributed by atoms with Gasteiger partial charge in [-0.05, 0) is 31.0 Å². The van der Waals surface area contributed by atoms with Crippen molar-refractivity contribution in [3.05, 3.63) is 11.1 Å². The van der Waals surface area contributed by atoms with Crippen LogP contribution in [0, 0.1) is 0 Å². The van der Waals surface area contributed by atoms with Crippen molar-refractivity contribution < 1.29 is 0 Å². The standard InChI is InChI=1S/C8H14N4S/c1-2-9-3-5-12(4-1)7-8-6-10-11-13-8/h6,9H,1-5,7H2. The summed E-state index contributed by atoms with van der Waals surface area (Å²) in [5, 5.41) is 7.22. The third-order valence-electron chi connectivity index (χ3n) is 2.22. The molecule has 1 fully saturated rings. The Labute approximate surface area is 82.1 Å². The first-order chi connectivity index (χ1) is 6.45. The van der Waals surface area contributed by atoms with Crippen LogP contribution in [0.2, 0.25) is 0 Å². The molecule has 1 aliphatic rings. The molecule has 0 aliphatic carbocycles. The van der Waals surface area contributed by atoms with Gasteiger partial charge >= 0.3 is 0 Å². The SMILES string of the molecule is c1nnsc1CN1CCCNCC1. The molecule has 1 aromatic heterocycles. The molecule has 0 unspecified atom stereocenters. The zero-order chi connectivity index (χ0) is 8.93. The molecule has 1 aromatic rings. The number of hydrogen-bond donors (Lipinski definition) is 1. The summed E-state index contributed by atoms with van der Waals surface area (Å²) < 4.78 is 3.86. The van der Waals surface area contributed by atoms with Crippen LogP contribution < -0.4 is 5.32 Å². The molecule has 0 atom stereocenters. The van der Waals surface area contributed by atoms with Crippen LogP contribution in [-0.2, 0) is 6.54 Å². The smallest absolute Gasteiger partial charge is 0.0666 e. The summed E-state index contributed by atoms with van der Waals surface area (Å²) >= 11 is 1.50. The van der Waals surface area contributed by atoms with Crippen molar-refractivity contribution in [3.8, 4) is 0 Å². The van der Waals surface area contributed by atoms with Crippen LogP contribution in [0.4, 0.5) is 0 Å². The maximum absolute atomic E-state index is 3.86. The molecular formula is C8H14N4S. The minimum atomic E-state index is 1.01. The molecule has 0 spiro atoms. The molecule has 1 N–H and O–H groups in total. The summed E-state index contributed by atoms with van der Waals surface area (Å²) in [5.74, 6) is 0. The van der Waals surface area contributed by atoms with Crippen molar-refractivity contribution in [2.75, 3.05) is 26.2 Å². The minimum Gasteiger partial charge on any atom is -0.315 e. The summed E-state index contributed by atoms with van der Waals surface area (Å²) in [6.07, 6.45) is 3.11. The zero-order valence-corrected chi connectivity index (χ0v) is 8.39. The van der Waals surface area contributed by atoms with E-state index in [-0.39, 0.29) is 0 Å². The Morgan fingerprint density at radius 1 is 1.46 bits per heavy atom. The molecule has 0 radical (unpaired) electrons.